The van der Waals surface area contributed by atoms with E-state index < -0.39 is 0 Å². The van der Waals surface area contributed by atoms with E-state index in [1.54, 1.807) is 13.0 Å². The summed E-state index contributed by atoms with van der Waals surface area (Å²) in [7, 11) is 0. The first-order chi connectivity index (χ1) is 8.63. The third kappa shape index (κ3) is 4.99. The first-order valence-corrected chi connectivity index (χ1v) is 6.11. The fourth-order valence-electron chi connectivity index (χ4n) is 1.37. The molecule has 0 fully saturated rings. The molecule has 1 rings (SSSR count). The molecule has 0 saturated heterocycles. The van der Waals surface area contributed by atoms with E-state index in [0.717, 1.165) is 12.8 Å². The van der Waals surface area contributed by atoms with Crippen molar-refractivity contribution in [1.82, 2.24) is 15.8 Å². The van der Waals surface area contributed by atoms with E-state index in [9.17, 15) is 9.59 Å². The topological polar surface area (TPSA) is 84.2 Å². The third-order valence-corrected chi connectivity index (χ3v) is 2.35. The monoisotopic (exact) mass is 253 g/mol. The van der Waals surface area contributed by atoms with Gasteiger partial charge in [-0.05, 0) is 13.3 Å². The minimum absolute atomic E-state index is 0.0170. The molecule has 0 aliphatic heterocycles. The number of aromatic nitrogens is 1. The van der Waals surface area contributed by atoms with Gasteiger partial charge in [0.2, 0.25) is 5.91 Å². The number of carbonyl (C=O) groups excluding carboxylic acids is 2. The van der Waals surface area contributed by atoms with E-state index in [1.165, 1.54) is 0 Å². The molecule has 100 valence electrons. The Morgan fingerprint density at radius 2 is 2.06 bits per heavy atom. The smallest absolute Gasteiger partial charge is 0.273 e. The van der Waals surface area contributed by atoms with Crippen LogP contribution >= 0.6 is 0 Å². The number of aryl methyl sites for hydroxylation is 1. The number of amides is 2. The normalized spacial score (nSPS) is 10.1. The van der Waals surface area contributed by atoms with Gasteiger partial charge in [0.15, 0.2) is 5.69 Å². The van der Waals surface area contributed by atoms with Crippen LogP contribution in [-0.2, 0) is 4.79 Å². The summed E-state index contributed by atoms with van der Waals surface area (Å²) in [6.45, 7) is 4.55. The Bertz CT molecular complexity index is 401. The van der Waals surface area contributed by atoms with Gasteiger partial charge < -0.3 is 15.2 Å². The zero-order valence-electron chi connectivity index (χ0n) is 10.8. The van der Waals surface area contributed by atoms with Crippen LogP contribution in [0.1, 0.15) is 42.4 Å². The highest BCUT2D eigenvalue weighted by atomic mass is 16.5. The molecule has 0 aliphatic carbocycles. The number of hydrogen-bond donors (Lipinski definition) is 2. The van der Waals surface area contributed by atoms with E-state index in [4.69, 9.17) is 4.52 Å². The lowest BCUT2D eigenvalue weighted by atomic mass is 10.2. The summed E-state index contributed by atoms with van der Waals surface area (Å²) in [6, 6.07) is 1.56. The maximum absolute atomic E-state index is 11.5. The Hall–Kier alpha value is -1.85. The third-order valence-electron chi connectivity index (χ3n) is 2.35. The Balaban J connectivity index is 2.14. The van der Waals surface area contributed by atoms with Crippen LogP contribution in [0, 0.1) is 6.92 Å². The maximum Gasteiger partial charge on any atom is 0.273 e. The fraction of sp³-hybridized carbons (Fsp3) is 0.583. The summed E-state index contributed by atoms with van der Waals surface area (Å²) >= 11 is 0. The summed E-state index contributed by atoms with van der Waals surface area (Å²) in [5.74, 6) is 0.311. The second-order valence-electron chi connectivity index (χ2n) is 4.03. The first-order valence-electron chi connectivity index (χ1n) is 6.11. The van der Waals surface area contributed by atoms with Gasteiger partial charge in [-0.25, -0.2) is 0 Å². The average Bonchev–Trinajstić information content (AvgIpc) is 2.78. The van der Waals surface area contributed by atoms with E-state index in [2.05, 4.69) is 15.8 Å². The van der Waals surface area contributed by atoms with Crippen LogP contribution < -0.4 is 10.6 Å². The number of unbranched alkanes of at least 4 members (excludes halogenated alkanes) is 1. The second kappa shape index (κ2) is 7.47. The Morgan fingerprint density at radius 3 is 2.67 bits per heavy atom. The van der Waals surface area contributed by atoms with Gasteiger partial charge in [0.25, 0.3) is 5.91 Å². The zero-order chi connectivity index (χ0) is 13.4. The zero-order valence-corrected chi connectivity index (χ0v) is 10.8. The number of nitrogens with one attached hydrogen (secondary N) is 2. The minimum Gasteiger partial charge on any atom is -0.361 e. The van der Waals surface area contributed by atoms with E-state index in [1.807, 2.05) is 6.92 Å². The number of rotatable bonds is 7. The van der Waals surface area contributed by atoms with Crippen molar-refractivity contribution in [3.63, 3.8) is 0 Å². The average molecular weight is 253 g/mol. The summed E-state index contributed by atoms with van der Waals surface area (Å²) < 4.78 is 4.79. The quantitative estimate of drug-likeness (QED) is 0.710. The molecular weight excluding hydrogens is 234 g/mol. The summed E-state index contributed by atoms with van der Waals surface area (Å²) in [5, 5.41) is 8.98. The largest absolute Gasteiger partial charge is 0.361 e. The van der Waals surface area contributed by atoms with Gasteiger partial charge in [-0.1, -0.05) is 18.5 Å². The Kier molecular flexibility index (Phi) is 5.90. The molecule has 1 aromatic rings. The van der Waals surface area contributed by atoms with Crippen molar-refractivity contribution >= 4 is 11.8 Å². The minimum atomic E-state index is -0.297. The molecule has 2 amide bonds. The molecule has 1 heterocycles. The number of nitrogens with zero attached hydrogens (tertiary/aromatic N) is 1. The lowest BCUT2D eigenvalue weighted by Crippen LogP contribution is -2.34. The molecule has 0 aromatic carbocycles. The second-order valence-corrected chi connectivity index (χ2v) is 4.03. The molecule has 0 bridgehead atoms. The van der Waals surface area contributed by atoms with Gasteiger partial charge in [0.1, 0.15) is 5.76 Å². The molecule has 0 saturated carbocycles. The molecule has 2 N–H and O–H groups in total. The molecule has 6 heteroatoms. The van der Waals surface area contributed by atoms with Crippen LogP contribution in [0.3, 0.4) is 0 Å². The highest BCUT2D eigenvalue weighted by Gasteiger charge is 2.09. The molecular formula is C12H19N3O3. The molecule has 0 spiro atoms. The summed E-state index contributed by atoms with van der Waals surface area (Å²) in [5.41, 5.74) is 0.254. The standard InChI is InChI=1S/C12H19N3O3/c1-3-4-5-11(16)13-6-7-14-12(17)10-8-9(2)18-15-10/h8H,3-7H2,1-2H3,(H,13,16)(H,14,17). The molecule has 0 atom stereocenters. The van der Waals surface area contributed by atoms with Crippen molar-refractivity contribution in [2.75, 3.05) is 13.1 Å². The van der Waals surface area contributed by atoms with Gasteiger partial charge >= 0.3 is 0 Å². The Morgan fingerprint density at radius 1 is 1.33 bits per heavy atom. The maximum atomic E-state index is 11.5. The van der Waals surface area contributed by atoms with Crippen molar-refractivity contribution in [2.45, 2.75) is 33.1 Å². The summed E-state index contributed by atoms with van der Waals surface area (Å²) in [4.78, 5) is 22.8. The van der Waals surface area contributed by atoms with Crippen molar-refractivity contribution < 1.29 is 14.1 Å². The summed E-state index contributed by atoms with van der Waals surface area (Å²) in [6.07, 6.45) is 2.42. The van der Waals surface area contributed by atoms with E-state index in [0.29, 0.717) is 25.3 Å². The fourth-order valence-corrected chi connectivity index (χ4v) is 1.37. The number of hydrogen-bond acceptors (Lipinski definition) is 4. The van der Waals surface area contributed by atoms with Gasteiger partial charge in [0, 0.05) is 25.6 Å². The predicted octanol–water partition coefficient (Wildman–Crippen LogP) is 1.02. The SMILES string of the molecule is CCCCC(=O)NCCNC(=O)c1cc(C)on1. The van der Waals surface area contributed by atoms with Crippen LogP contribution in [0.15, 0.2) is 10.6 Å². The molecule has 0 unspecified atom stereocenters. The molecule has 6 nitrogen and oxygen atoms in total. The highest BCUT2D eigenvalue weighted by Crippen LogP contribution is 2.00. The first kappa shape index (κ1) is 14.2. The number of carbonyl (C=O) groups is 2. The van der Waals surface area contributed by atoms with Crippen molar-refractivity contribution in [3.05, 3.63) is 17.5 Å². The Labute approximate surface area is 106 Å². The van der Waals surface area contributed by atoms with Gasteiger partial charge in [-0.3, -0.25) is 9.59 Å². The van der Waals surface area contributed by atoms with Crippen LogP contribution in [0.4, 0.5) is 0 Å². The van der Waals surface area contributed by atoms with E-state index >= 15 is 0 Å². The highest BCUT2D eigenvalue weighted by molar-refractivity contribution is 5.92. The molecule has 0 aliphatic rings. The van der Waals surface area contributed by atoms with E-state index in [-0.39, 0.29) is 17.5 Å². The van der Waals surface area contributed by atoms with Crippen molar-refractivity contribution in [2.24, 2.45) is 0 Å². The van der Waals surface area contributed by atoms with Gasteiger partial charge in [-0.2, -0.15) is 0 Å². The van der Waals surface area contributed by atoms with Gasteiger partial charge in [-0.15, -0.1) is 0 Å². The lowest BCUT2D eigenvalue weighted by Gasteiger charge is -2.05. The lowest BCUT2D eigenvalue weighted by molar-refractivity contribution is -0.121. The van der Waals surface area contributed by atoms with Crippen LogP contribution in [-0.4, -0.2) is 30.1 Å². The van der Waals surface area contributed by atoms with Crippen molar-refractivity contribution in [1.29, 1.82) is 0 Å². The van der Waals surface area contributed by atoms with Crippen LogP contribution in [0.2, 0.25) is 0 Å². The van der Waals surface area contributed by atoms with Crippen LogP contribution in [0.5, 0.6) is 0 Å². The predicted molar refractivity (Wildman–Crippen MR) is 66.1 cm³/mol. The van der Waals surface area contributed by atoms with Gasteiger partial charge in [0.05, 0.1) is 0 Å². The van der Waals surface area contributed by atoms with Crippen LogP contribution in [0.25, 0.3) is 0 Å². The molecule has 1 aromatic heterocycles. The molecule has 0 radical (unpaired) electrons. The molecule has 18 heavy (non-hydrogen) atoms. The van der Waals surface area contributed by atoms with Crippen molar-refractivity contribution in [3.8, 4) is 0 Å².